The summed E-state index contributed by atoms with van der Waals surface area (Å²) in [6.45, 7) is 1.45. The Balaban J connectivity index is 1.64. The number of aromatic nitrogens is 6. The van der Waals surface area contributed by atoms with Crippen LogP contribution in [0.5, 0.6) is 0 Å². The third kappa shape index (κ3) is 4.64. The van der Waals surface area contributed by atoms with Gasteiger partial charge in [0.15, 0.2) is 6.20 Å². The van der Waals surface area contributed by atoms with Gasteiger partial charge in [-0.2, -0.15) is 10.2 Å². The van der Waals surface area contributed by atoms with Gasteiger partial charge in [0.05, 0.1) is 29.9 Å². The maximum Gasteiger partial charge on any atom is 0.363 e. The Morgan fingerprint density at radius 1 is 1.18 bits per heavy atom. The highest BCUT2D eigenvalue weighted by molar-refractivity contribution is 5.41. The molecule has 3 aromatic heterocycles. The van der Waals surface area contributed by atoms with Crippen molar-refractivity contribution in [1.29, 1.82) is 0 Å². The fourth-order valence-electron chi connectivity index (χ4n) is 3.39. The monoisotopic (exact) mass is 465 g/mol. The fraction of sp³-hybridized carbons (Fsp3) is 0.182. The molecule has 0 aliphatic carbocycles. The third-order valence-corrected chi connectivity index (χ3v) is 5.24. The minimum atomic E-state index is -1.87. The highest BCUT2D eigenvalue weighted by atomic mass is 19.1. The normalized spacial score (nSPS) is 13.5. The van der Waals surface area contributed by atoms with E-state index in [1.54, 1.807) is 13.1 Å². The number of hydrogen-bond acceptors (Lipinski definition) is 7. The van der Waals surface area contributed by atoms with Gasteiger partial charge in [0.25, 0.3) is 0 Å². The van der Waals surface area contributed by atoms with Gasteiger partial charge in [0.2, 0.25) is 0 Å². The molecule has 4 aromatic rings. The zero-order valence-corrected chi connectivity index (χ0v) is 17.7. The number of halogens is 2. The van der Waals surface area contributed by atoms with E-state index in [4.69, 9.17) is 0 Å². The topological polar surface area (TPSA) is 125 Å². The summed E-state index contributed by atoms with van der Waals surface area (Å²) in [5, 5.41) is 30.6. The third-order valence-electron chi connectivity index (χ3n) is 5.24. The van der Waals surface area contributed by atoms with E-state index in [0.717, 1.165) is 6.07 Å². The van der Waals surface area contributed by atoms with Crippen molar-refractivity contribution in [3.8, 4) is 11.8 Å². The molecule has 10 nitrogen and oxygen atoms in total. The first-order valence-corrected chi connectivity index (χ1v) is 9.93. The first kappa shape index (κ1) is 22.7. The molecule has 0 fully saturated rings. The van der Waals surface area contributed by atoms with Gasteiger partial charge in [-0.1, -0.05) is 17.9 Å². The molecule has 0 radical (unpaired) electrons. The van der Waals surface area contributed by atoms with Gasteiger partial charge >= 0.3 is 5.82 Å². The molecule has 2 atom stereocenters. The number of rotatable bonds is 6. The number of pyridine rings is 1. The van der Waals surface area contributed by atoms with E-state index >= 15 is 0 Å². The highest BCUT2D eigenvalue weighted by Crippen LogP contribution is 2.36. The molecule has 1 aromatic carbocycles. The molecule has 12 heteroatoms. The lowest BCUT2D eigenvalue weighted by molar-refractivity contribution is -0.389. The zero-order valence-electron chi connectivity index (χ0n) is 17.7. The second-order valence-electron chi connectivity index (χ2n) is 7.44. The second-order valence-corrected chi connectivity index (χ2v) is 7.44. The molecule has 172 valence electrons. The minimum absolute atomic E-state index is 0.128. The summed E-state index contributed by atoms with van der Waals surface area (Å²) in [6, 6.07) is 4.84. The van der Waals surface area contributed by atoms with Crippen molar-refractivity contribution < 1.29 is 18.8 Å². The Morgan fingerprint density at radius 2 is 1.97 bits per heavy atom. The van der Waals surface area contributed by atoms with E-state index in [2.05, 4.69) is 32.0 Å². The van der Waals surface area contributed by atoms with Crippen molar-refractivity contribution >= 4 is 5.82 Å². The minimum Gasteiger partial charge on any atom is -0.381 e. The Morgan fingerprint density at radius 3 is 2.62 bits per heavy atom. The van der Waals surface area contributed by atoms with E-state index in [0.29, 0.717) is 17.2 Å². The standard InChI is InChI=1S/C22H17F2N7O3/c1-15(22(32,12-29-14-25-13-28-29)19-6-5-18(23)8-20(19)24)30-11-17(10-27-30)3-2-16-4-7-21(26-9-16)31(33)34/h4-11,13-15,32H,12H2,1H3/t15-,22-/m1/s1. The van der Waals surface area contributed by atoms with Crippen LogP contribution in [0, 0.1) is 33.6 Å². The lowest BCUT2D eigenvalue weighted by atomic mass is 9.86. The van der Waals surface area contributed by atoms with Gasteiger partial charge in [-0.05, 0) is 29.0 Å². The summed E-state index contributed by atoms with van der Waals surface area (Å²) >= 11 is 0. The smallest absolute Gasteiger partial charge is 0.363 e. The van der Waals surface area contributed by atoms with E-state index < -0.39 is 28.2 Å². The number of nitro groups is 1. The maximum atomic E-state index is 14.7. The molecular formula is C22H17F2N7O3. The summed E-state index contributed by atoms with van der Waals surface area (Å²) in [7, 11) is 0. The molecule has 0 aliphatic heterocycles. The van der Waals surface area contributed by atoms with Gasteiger partial charge in [-0.25, -0.2) is 18.4 Å². The van der Waals surface area contributed by atoms with Crippen LogP contribution in [0.2, 0.25) is 0 Å². The molecule has 0 amide bonds. The summed E-state index contributed by atoms with van der Waals surface area (Å²) in [5.74, 6) is 3.73. The van der Waals surface area contributed by atoms with Crippen LogP contribution in [-0.4, -0.2) is 39.6 Å². The predicted octanol–water partition coefficient (Wildman–Crippen LogP) is 2.60. The summed E-state index contributed by atoms with van der Waals surface area (Å²) < 4.78 is 31.0. The fourth-order valence-corrected chi connectivity index (χ4v) is 3.39. The van der Waals surface area contributed by atoms with Crippen LogP contribution in [0.15, 0.2) is 61.6 Å². The summed E-state index contributed by atoms with van der Waals surface area (Å²) in [6.07, 6.45) is 6.95. The van der Waals surface area contributed by atoms with Gasteiger partial charge in [-0.3, -0.25) is 4.68 Å². The molecule has 34 heavy (non-hydrogen) atoms. The molecule has 0 spiro atoms. The lowest BCUT2D eigenvalue weighted by Gasteiger charge is -2.34. The number of aliphatic hydroxyl groups is 1. The molecule has 0 saturated carbocycles. The number of hydrogen-bond donors (Lipinski definition) is 1. The van der Waals surface area contributed by atoms with Crippen molar-refractivity contribution in [2.24, 2.45) is 0 Å². The van der Waals surface area contributed by atoms with Crippen LogP contribution in [0.3, 0.4) is 0 Å². The Hall–Kier alpha value is -4.50. The van der Waals surface area contributed by atoms with Crippen molar-refractivity contribution in [2.45, 2.75) is 25.1 Å². The average Bonchev–Trinajstić information content (AvgIpc) is 3.49. The largest absolute Gasteiger partial charge is 0.381 e. The molecular weight excluding hydrogens is 448 g/mol. The van der Waals surface area contributed by atoms with Crippen LogP contribution in [0.25, 0.3) is 0 Å². The SMILES string of the molecule is C[C@@H](n1cc(C#Cc2ccc([N+](=O)[O-])nc2)cn1)[C@](O)(Cn1cncn1)c1ccc(F)cc1F. The van der Waals surface area contributed by atoms with Crippen LogP contribution < -0.4 is 0 Å². The molecule has 0 saturated heterocycles. The maximum absolute atomic E-state index is 14.7. The first-order valence-electron chi connectivity index (χ1n) is 9.93. The summed E-state index contributed by atoms with van der Waals surface area (Å²) in [5.41, 5.74) is -1.06. The van der Waals surface area contributed by atoms with Crippen molar-refractivity contribution in [2.75, 3.05) is 0 Å². The van der Waals surface area contributed by atoms with Gasteiger partial charge in [-0.15, -0.1) is 0 Å². The Kier molecular flexibility index (Phi) is 6.11. The molecule has 1 N–H and O–H groups in total. The average molecular weight is 465 g/mol. The van der Waals surface area contributed by atoms with Crippen molar-refractivity contribution in [3.63, 3.8) is 0 Å². The van der Waals surface area contributed by atoms with Crippen LogP contribution >= 0.6 is 0 Å². The quantitative estimate of drug-likeness (QED) is 0.264. The zero-order chi connectivity index (χ0) is 24.3. The van der Waals surface area contributed by atoms with E-state index in [9.17, 15) is 24.0 Å². The van der Waals surface area contributed by atoms with Crippen LogP contribution in [-0.2, 0) is 12.1 Å². The highest BCUT2D eigenvalue weighted by Gasteiger charge is 2.40. The first-order chi connectivity index (χ1) is 16.3. The predicted molar refractivity (Wildman–Crippen MR) is 114 cm³/mol. The molecule has 4 rings (SSSR count). The molecule has 0 bridgehead atoms. The van der Waals surface area contributed by atoms with E-state index in [-0.39, 0.29) is 17.9 Å². The van der Waals surface area contributed by atoms with Crippen molar-refractivity contribution in [1.82, 2.24) is 29.5 Å². The molecule has 3 heterocycles. The van der Waals surface area contributed by atoms with E-state index in [1.165, 1.54) is 52.6 Å². The molecule has 0 aliphatic rings. The van der Waals surface area contributed by atoms with Gasteiger partial charge < -0.3 is 15.2 Å². The van der Waals surface area contributed by atoms with E-state index in [1.807, 2.05) is 0 Å². The Labute approximate surface area is 191 Å². The summed E-state index contributed by atoms with van der Waals surface area (Å²) in [4.78, 5) is 17.7. The number of benzene rings is 1. The lowest BCUT2D eigenvalue weighted by Crippen LogP contribution is -2.40. The van der Waals surface area contributed by atoms with Gasteiger partial charge in [0, 0.05) is 23.9 Å². The van der Waals surface area contributed by atoms with Crippen molar-refractivity contribution in [3.05, 3.63) is 100 Å². The van der Waals surface area contributed by atoms with Crippen LogP contribution in [0.1, 0.15) is 29.7 Å². The number of nitrogens with zero attached hydrogens (tertiary/aromatic N) is 7. The van der Waals surface area contributed by atoms with Crippen LogP contribution in [0.4, 0.5) is 14.6 Å². The molecule has 0 unspecified atom stereocenters. The second kappa shape index (κ2) is 9.16. The Bertz CT molecular complexity index is 1380. The van der Waals surface area contributed by atoms with Gasteiger partial charge in [0.1, 0.15) is 29.9 Å².